The van der Waals surface area contributed by atoms with Crippen LogP contribution in [0.15, 0.2) is 18.2 Å². The zero-order valence-corrected chi connectivity index (χ0v) is 12.1. The zero-order valence-electron chi connectivity index (χ0n) is 12.1. The average Bonchev–Trinajstić information content (AvgIpc) is 3.29. The molecule has 4 heteroatoms. The molecule has 0 radical (unpaired) electrons. The molecule has 20 heavy (non-hydrogen) atoms. The first-order chi connectivity index (χ1) is 9.74. The number of nitrogens with one attached hydrogen (secondary N) is 1. The molecular formula is C16H23FN2O. The number of benzene rings is 1. The van der Waals surface area contributed by atoms with Crippen molar-refractivity contribution in [3.63, 3.8) is 0 Å². The summed E-state index contributed by atoms with van der Waals surface area (Å²) in [6.07, 6.45) is 3.77. The van der Waals surface area contributed by atoms with Gasteiger partial charge in [0.05, 0.1) is 12.7 Å². The van der Waals surface area contributed by atoms with Crippen LogP contribution in [0.1, 0.15) is 31.7 Å². The van der Waals surface area contributed by atoms with E-state index in [1.165, 1.54) is 12.8 Å². The highest BCUT2D eigenvalue weighted by molar-refractivity contribution is 5.49. The minimum Gasteiger partial charge on any atom is -0.375 e. The molecule has 1 unspecified atom stereocenters. The van der Waals surface area contributed by atoms with E-state index in [1.807, 2.05) is 0 Å². The predicted molar refractivity (Wildman–Crippen MR) is 78.5 cm³/mol. The SMILES string of the molecule is CCC1CN(c2cc(F)cc(CNC3CC3)c2)CCO1. The molecule has 2 aliphatic rings. The van der Waals surface area contributed by atoms with Crippen LogP contribution in [0.2, 0.25) is 0 Å². The van der Waals surface area contributed by atoms with Gasteiger partial charge in [-0.3, -0.25) is 0 Å². The number of halogens is 1. The lowest BCUT2D eigenvalue weighted by Gasteiger charge is -2.34. The molecule has 110 valence electrons. The van der Waals surface area contributed by atoms with Gasteiger partial charge < -0.3 is 15.0 Å². The van der Waals surface area contributed by atoms with E-state index in [0.29, 0.717) is 6.04 Å². The van der Waals surface area contributed by atoms with Crippen molar-refractivity contribution in [3.05, 3.63) is 29.6 Å². The fourth-order valence-electron chi connectivity index (χ4n) is 2.67. The number of rotatable bonds is 5. The van der Waals surface area contributed by atoms with Crippen LogP contribution in [0.4, 0.5) is 10.1 Å². The molecule has 1 aliphatic heterocycles. The van der Waals surface area contributed by atoms with Crippen molar-refractivity contribution < 1.29 is 9.13 Å². The Morgan fingerprint density at radius 3 is 2.95 bits per heavy atom. The summed E-state index contributed by atoms with van der Waals surface area (Å²) in [6, 6.07) is 6.03. The van der Waals surface area contributed by atoms with Crippen molar-refractivity contribution in [1.82, 2.24) is 5.32 Å². The Bertz CT molecular complexity index is 462. The van der Waals surface area contributed by atoms with Crippen molar-refractivity contribution >= 4 is 5.69 Å². The molecule has 1 heterocycles. The molecular weight excluding hydrogens is 255 g/mol. The van der Waals surface area contributed by atoms with E-state index < -0.39 is 0 Å². The average molecular weight is 278 g/mol. The van der Waals surface area contributed by atoms with Crippen LogP contribution < -0.4 is 10.2 Å². The van der Waals surface area contributed by atoms with Crippen LogP contribution in [0.25, 0.3) is 0 Å². The Morgan fingerprint density at radius 1 is 1.35 bits per heavy atom. The van der Waals surface area contributed by atoms with E-state index >= 15 is 0 Å². The minimum atomic E-state index is -0.144. The van der Waals surface area contributed by atoms with Crippen molar-refractivity contribution in [2.24, 2.45) is 0 Å². The largest absolute Gasteiger partial charge is 0.375 e. The standard InChI is InChI=1S/C16H23FN2O/c1-2-16-11-19(5-6-20-16)15-8-12(7-13(17)9-15)10-18-14-3-4-14/h7-9,14,16,18H,2-6,10-11H2,1H3. The Morgan fingerprint density at radius 2 is 2.20 bits per heavy atom. The highest BCUT2D eigenvalue weighted by Gasteiger charge is 2.22. The summed E-state index contributed by atoms with van der Waals surface area (Å²) in [5, 5.41) is 3.44. The first-order valence-electron chi connectivity index (χ1n) is 7.64. The Kier molecular flexibility index (Phi) is 4.22. The predicted octanol–water partition coefficient (Wildman–Crippen LogP) is 2.69. The van der Waals surface area contributed by atoms with Gasteiger partial charge in [-0.15, -0.1) is 0 Å². The summed E-state index contributed by atoms with van der Waals surface area (Å²) >= 11 is 0. The van der Waals surface area contributed by atoms with Gasteiger partial charge in [-0.1, -0.05) is 6.92 Å². The topological polar surface area (TPSA) is 24.5 Å². The van der Waals surface area contributed by atoms with Gasteiger partial charge in [0, 0.05) is 31.4 Å². The van der Waals surface area contributed by atoms with Crippen molar-refractivity contribution in [1.29, 1.82) is 0 Å². The summed E-state index contributed by atoms with van der Waals surface area (Å²) in [7, 11) is 0. The molecule has 3 nitrogen and oxygen atoms in total. The molecule has 1 saturated heterocycles. The number of hydrogen-bond donors (Lipinski definition) is 1. The minimum absolute atomic E-state index is 0.144. The fourth-order valence-corrected chi connectivity index (χ4v) is 2.67. The van der Waals surface area contributed by atoms with Crippen LogP contribution in [0.3, 0.4) is 0 Å². The second-order valence-corrected chi connectivity index (χ2v) is 5.82. The molecule has 1 atom stereocenters. The lowest BCUT2D eigenvalue weighted by atomic mass is 10.1. The first-order valence-corrected chi connectivity index (χ1v) is 7.64. The smallest absolute Gasteiger partial charge is 0.125 e. The lowest BCUT2D eigenvalue weighted by Crippen LogP contribution is -2.42. The van der Waals surface area contributed by atoms with E-state index in [4.69, 9.17) is 4.74 Å². The molecule has 0 aromatic heterocycles. The molecule has 1 N–H and O–H groups in total. The van der Waals surface area contributed by atoms with Gasteiger partial charge >= 0.3 is 0 Å². The number of anilines is 1. The van der Waals surface area contributed by atoms with E-state index in [2.05, 4.69) is 23.2 Å². The Labute approximate surface area is 120 Å². The maximum Gasteiger partial charge on any atom is 0.125 e. The highest BCUT2D eigenvalue weighted by Crippen LogP contribution is 2.23. The number of hydrogen-bond acceptors (Lipinski definition) is 3. The highest BCUT2D eigenvalue weighted by atomic mass is 19.1. The number of ether oxygens (including phenoxy) is 1. The van der Waals surface area contributed by atoms with E-state index in [0.717, 1.165) is 43.9 Å². The Hall–Kier alpha value is -1.13. The van der Waals surface area contributed by atoms with Crippen LogP contribution in [-0.2, 0) is 11.3 Å². The third-order valence-electron chi connectivity index (χ3n) is 4.07. The van der Waals surface area contributed by atoms with Gasteiger partial charge in [-0.2, -0.15) is 0 Å². The van der Waals surface area contributed by atoms with Gasteiger partial charge in [-0.05, 0) is 43.0 Å². The molecule has 1 aromatic carbocycles. The van der Waals surface area contributed by atoms with E-state index in [-0.39, 0.29) is 11.9 Å². The maximum absolute atomic E-state index is 13.8. The summed E-state index contributed by atoms with van der Waals surface area (Å²) < 4.78 is 19.5. The van der Waals surface area contributed by atoms with E-state index in [9.17, 15) is 4.39 Å². The zero-order chi connectivity index (χ0) is 13.9. The van der Waals surface area contributed by atoms with Gasteiger partial charge in [0.15, 0.2) is 0 Å². The second-order valence-electron chi connectivity index (χ2n) is 5.82. The van der Waals surface area contributed by atoms with E-state index in [1.54, 1.807) is 12.1 Å². The van der Waals surface area contributed by atoms with Crippen LogP contribution in [0.5, 0.6) is 0 Å². The van der Waals surface area contributed by atoms with Crippen molar-refractivity contribution in [2.45, 2.75) is 44.9 Å². The quantitative estimate of drug-likeness (QED) is 0.896. The number of morpholine rings is 1. The number of nitrogens with zero attached hydrogens (tertiary/aromatic N) is 1. The molecule has 0 bridgehead atoms. The third kappa shape index (κ3) is 3.49. The lowest BCUT2D eigenvalue weighted by molar-refractivity contribution is 0.0384. The molecule has 1 aliphatic carbocycles. The summed E-state index contributed by atoms with van der Waals surface area (Å²) in [5.41, 5.74) is 2.02. The van der Waals surface area contributed by atoms with Crippen LogP contribution in [0, 0.1) is 5.82 Å². The monoisotopic (exact) mass is 278 g/mol. The Balaban J connectivity index is 1.70. The van der Waals surface area contributed by atoms with Crippen molar-refractivity contribution in [3.8, 4) is 0 Å². The summed E-state index contributed by atoms with van der Waals surface area (Å²) in [4.78, 5) is 2.24. The molecule has 0 spiro atoms. The third-order valence-corrected chi connectivity index (χ3v) is 4.07. The van der Waals surface area contributed by atoms with Gasteiger partial charge in [0.2, 0.25) is 0 Å². The molecule has 1 aromatic rings. The van der Waals surface area contributed by atoms with Gasteiger partial charge in [0.1, 0.15) is 5.82 Å². The maximum atomic E-state index is 13.8. The van der Waals surface area contributed by atoms with Crippen LogP contribution >= 0.6 is 0 Å². The molecule has 0 amide bonds. The summed E-state index contributed by atoms with van der Waals surface area (Å²) in [5.74, 6) is -0.144. The second kappa shape index (κ2) is 6.10. The molecule has 3 rings (SSSR count). The molecule has 2 fully saturated rings. The van der Waals surface area contributed by atoms with Gasteiger partial charge in [-0.25, -0.2) is 4.39 Å². The van der Waals surface area contributed by atoms with Crippen LogP contribution in [-0.4, -0.2) is 31.8 Å². The fraction of sp³-hybridized carbons (Fsp3) is 0.625. The molecule has 1 saturated carbocycles. The van der Waals surface area contributed by atoms with Gasteiger partial charge in [0.25, 0.3) is 0 Å². The summed E-state index contributed by atoms with van der Waals surface area (Å²) in [6.45, 7) is 5.32. The first kappa shape index (κ1) is 13.8. The normalized spacial score (nSPS) is 23.1. The van der Waals surface area contributed by atoms with Crippen molar-refractivity contribution in [2.75, 3.05) is 24.6 Å².